The van der Waals surface area contributed by atoms with Crippen LogP contribution in [0.25, 0.3) is 10.2 Å². The van der Waals surface area contributed by atoms with Crippen molar-refractivity contribution in [3.63, 3.8) is 0 Å². The maximum atomic E-state index is 13.2. The van der Waals surface area contributed by atoms with E-state index in [9.17, 15) is 9.90 Å². The lowest BCUT2D eigenvalue weighted by Crippen LogP contribution is -2.55. The van der Waals surface area contributed by atoms with E-state index in [0.29, 0.717) is 23.0 Å². The number of piperidine rings is 1. The highest BCUT2D eigenvalue weighted by Crippen LogP contribution is 2.43. The van der Waals surface area contributed by atoms with Gasteiger partial charge in [0, 0.05) is 17.6 Å². The predicted molar refractivity (Wildman–Crippen MR) is 165 cm³/mol. The quantitative estimate of drug-likeness (QED) is 0.265. The summed E-state index contributed by atoms with van der Waals surface area (Å²) >= 11 is 1.83. The van der Waals surface area contributed by atoms with E-state index in [1.807, 2.05) is 58.7 Å². The minimum Gasteiger partial charge on any atom is -0.445 e. The van der Waals surface area contributed by atoms with Crippen molar-refractivity contribution in [2.24, 2.45) is 0 Å². The molecule has 0 radical (unpaired) electrons. The van der Waals surface area contributed by atoms with Gasteiger partial charge in [0.1, 0.15) is 14.7 Å². The van der Waals surface area contributed by atoms with E-state index < -0.39 is 14.2 Å². The fraction of sp³-hybridized carbons (Fsp3) is 0.562. The van der Waals surface area contributed by atoms with Crippen LogP contribution < -0.4 is 4.63 Å². The van der Waals surface area contributed by atoms with Crippen molar-refractivity contribution in [2.45, 2.75) is 116 Å². The molecule has 1 amide bonds. The van der Waals surface area contributed by atoms with Gasteiger partial charge in [-0.2, -0.15) is 0 Å². The Balaban J connectivity index is 1.59. The summed E-state index contributed by atoms with van der Waals surface area (Å²) in [5.41, 5.74) is 4.51. The number of amides is 1. The number of fused-ring (bicyclic) bond motifs is 1. The first-order chi connectivity index (χ1) is 18.6. The predicted octanol–water partition coefficient (Wildman–Crippen LogP) is 8.19. The van der Waals surface area contributed by atoms with E-state index in [2.05, 4.69) is 54.5 Å². The number of aromatic nitrogens is 1. The Morgan fingerprint density at radius 2 is 1.69 bits per heavy atom. The highest BCUT2D eigenvalue weighted by atomic mass is 32.1. The van der Waals surface area contributed by atoms with Crippen molar-refractivity contribution in [1.29, 1.82) is 0 Å². The molecule has 4 rings (SSSR count). The first-order valence-corrected chi connectivity index (χ1v) is 17.7. The summed E-state index contributed by atoms with van der Waals surface area (Å²) in [5.74, 6) is 0. The highest BCUT2D eigenvalue weighted by Gasteiger charge is 2.47. The van der Waals surface area contributed by atoms with E-state index in [-0.39, 0.29) is 24.8 Å². The Bertz CT molecular complexity index is 1220. The summed E-state index contributed by atoms with van der Waals surface area (Å²) in [5, 5.41) is 11.6. The summed E-state index contributed by atoms with van der Waals surface area (Å²) in [6.45, 7) is 16.5. The van der Waals surface area contributed by atoms with Gasteiger partial charge in [0.05, 0.1) is 21.0 Å². The third-order valence-corrected chi connectivity index (χ3v) is 17.8. The number of benzene rings is 2. The second kappa shape index (κ2) is 12.5. The maximum absolute atomic E-state index is 13.2. The standard InChI is InChI=1S/C32H46N2O3SSi/c1-21(2)39(22(3)4,23(5)6)31-33-30-27(17-12-18-29(30)38-31)28(35)19-26-16-11-13-24(7)34(26)32(36)37-20-25-14-9-8-10-15-25/h8-10,12,14-15,17-18,21-24,26,28,35H,11,13,16,19-20H2,1-7H3. The number of likely N-dealkylation sites (tertiary alicyclic amines) is 1. The minimum atomic E-state index is -1.90. The van der Waals surface area contributed by atoms with Crippen LogP contribution in [-0.4, -0.2) is 41.2 Å². The molecule has 1 N–H and O–H groups in total. The smallest absolute Gasteiger partial charge is 0.410 e. The van der Waals surface area contributed by atoms with Crippen LogP contribution in [0.4, 0.5) is 4.79 Å². The SMILES string of the molecule is CC1CCCC(CC(O)c2cccc3sc([Si](C(C)C)(C(C)C)C(C)C)nc23)N1C(=O)OCc1ccccc1. The summed E-state index contributed by atoms with van der Waals surface area (Å²) in [7, 11) is -1.90. The van der Waals surface area contributed by atoms with Crippen LogP contribution in [0, 0.1) is 0 Å². The molecular formula is C32H46N2O3SSi. The molecule has 39 heavy (non-hydrogen) atoms. The van der Waals surface area contributed by atoms with Crippen LogP contribution in [-0.2, 0) is 11.3 Å². The van der Waals surface area contributed by atoms with Crippen molar-refractivity contribution in [2.75, 3.05) is 0 Å². The number of hydrogen-bond donors (Lipinski definition) is 1. The Morgan fingerprint density at radius 1 is 1.03 bits per heavy atom. The van der Waals surface area contributed by atoms with Gasteiger partial charge in [-0.05, 0) is 60.9 Å². The molecule has 1 aliphatic heterocycles. The molecule has 212 valence electrons. The number of ether oxygens (including phenoxy) is 1. The molecule has 7 heteroatoms. The van der Waals surface area contributed by atoms with Crippen molar-refractivity contribution >= 4 is 40.4 Å². The van der Waals surface area contributed by atoms with E-state index in [1.165, 1.54) is 4.63 Å². The molecule has 1 saturated heterocycles. The minimum absolute atomic E-state index is 0.0733. The number of hydrogen-bond acceptors (Lipinski definition) is 5. The molecule has 2 heterocycles. The van der Waals surface area contributed by atoms with Gasteiger partial charge in [-0.15, -0.1) is 11.3 Å². The second-order valence-electron chi connectivity index (χ2n) is 12.2. The van der Waals surface area contributed by atoms with Crippen LogP contribution >= 0.6 is 11.3 Å². The first-order valence-electron chi connectivity index (χ1n) is 14.6. The fourth-order valence-corrected chi connectivity index (χ4v) is 16.9. The maximum Gasteiger partial charge on any atom is 0.410 e. The van der Waals surface area contributed by atoms with Gasteiger partial charge < -0.3 is 14.7 Å². The third-order valence-electron chi connectivity index (χ3n) is 8.98. The van der Waals surface area contributed by atoms with Gasteiger partial charge in [-0.1, -0.05) is 84.0 Å². The third kappa shape index (κ3) is 5.96. The van der Waals surface area contributed by atoms with E-state index in [4.69, 9.17) is 9.72 Å². The van der Waals surface area contributed by atoms with Crippen molar-refractivity contribution in [3.05, 3.63) is 59.7 Å². The lowest BCUT2D eigenvalue weighted by molar-refractivity contribution is 0.0275. The topological polar surface area (TPSA) is 62.7 Å². The van der Waals surface area contributed by atoms with Crippen molar-refractivity contribution in [3.8, 4) is 0 Å². The number of carbonyl (C=O) groups is 1. The number of carbonyl (C=O) groups excluding carboxylic acids is 1. The Labute approximate surface area is 239 Å². The second-order valence-corrected chi connectivity index (χ2v) is 19.4. The molecular weight excluding hydrogens is 521 g/mol. The lowest BCUT2D eigenvalue weighted by atomic mass is 9.91. The summed E-state index contributed by atoms with van der Waals surface area (Å²) in [6.07, 6.45) is 2.35. The molecule has 1 aliphatic rings. The van der Waals surface area contributed by atoms with Crippen LogP contribution in [0.1, 0.15) is 91.4 Å². The number of para-hydroxylation sites is 1. The van der Waals surface area contributed by atoms with Gasteiger partial charge in [0.15, 0.2) is 0 Å². The molecule has 3 atom stereocenters. The monoisotopic (exact) mass is 566 g/mol. The van der Waals surface area contributed by atoms with Crippen molar-refractivity contribution in [1.82, 2.24) is 9.88 Å². The van der Waals surface area contributed by atoms with Gasteiger partial charge in [-0.3, -0.25) is 0 Å². The average Bonchev–Trinajstić information content (AvgIpc) is 3.32. The Morgan fingerprint density at radius 3 is 2.33 bits per heavy atom. The van der Waals surface area contributed by atoms with Gasteiger partial charge in [-0.25, -0.2) is 9.78 Å². The molecule has 5 nitrogen and oxygen atoms in total. The largest absolute Gasteiger partial charge is 0.445 e. The van der Waals surface area contributed by atoms with Crippen molar-refractivity contribution < 1.29 is 14.6 Å². The molecule has 1 aromatic heterocycles. The Kier molecular flexibility index (Phi) is 9.55. The number of rotatable bonds is 9. The first kappa shape index (κ1) is 29.8. The van der Waals surface area contributed by atoms with E-state index >= 15 is 0 Å². The van der Waals surface area contributed by atoms with Crippen LogP contribution in [0.5, 0.6) is 0 Å². The normalized spacial score (nSPS) is 19.3. The molecule has 3 unspecified atom stereocenters. The molecule has 0 spiro atoms. The highest BCUT2D eigenvalue weighted by molar-refractivity contribution is 7.31. The molecule has 1 fully saturated rings. The fourth-order valence-electron chi connectivity index (χ4n) is 7.19. The summed E-state index contributed by atoms with van der Waals surface area (Å²) in [6, 6.07) is 16.0. The zero-order chi connectivity index (χ0) is 28.3. The van der Waals surface area contributed by atoms with E-state index in [1.54, 1.807) is 0 Å². The Hall–Kier alpha value is -2.22. The average molecular weight is 567 g/mol. The summed E-state index contributed by atoms with van der Waals surface area (Å²) < 4.78 is 8.18. The zero-order valence-electron chi connectivity index (χ0n) is 24.7. The lowest BCUT2D eigenvalue weighted by Gasteiger charge is -2.41. The number of aliphatic hydroxyl groups is 1. The van der Waals surface area contributed by atoms with Gasteiger partial charge >= 0.3 is 6.09 Å². The molecule has 3 aromatic rings. The number of thiazole rings is 1. The van der Waals surface area contributed by atoms with Crippen LogP contribution in [0.3, 0.4) is 0 Å². The zero-order valence-corrected chi connectivity index (χ0v) is 26.5. The molecule has 0 aliphatic carbocycles. The van der Waals surface area contributed by atoms with E-state index in [0.717, 1.165) is 40.6 Å². The van der Waals surface area contributed by atoms with Crippen LogP contribution in [0.2, 0.25) is 16.6 Å². The summed E-state index contributed by atoms with van der Waals surface area (Å²) in [4.78, 5) is 20.4. The molecule has 2 aromatic carbocycles. The number of aliphatic hydroxyl groups excluding tert-OH is 1. The number of nitrogens with zero attached hydrogens (tertiary/aromatic N) is 2. The van der Waals surface area contributed by atoms with Gasteiger partial charge in [0.2, 0.25) is 0 Å². The van der Waals surface area contributed by atoms with Crippen LogP contribution in [0.15, 0.2) is 48.5 Å². The molecule has 0 saturated carbocycles. The van der Waals surface area contributed by atoms with Gasteiger partial charge in [0.25, 0.3) is 0 Å². The molecule has 0 bridgehead atoms.